The second-order valence-electron chi connectivity index (χ2n) is 9.43. The Kier molecular flexibility index (Phi) is 5.51. The predicted molar refractivity (Wildman–Crippen MR) is 152 cm³/mol. The van der Waals surface area contributed by atoms with Gasteiger partial charge >= 0.3 is 0 Å². The zero-order chi connectivity index (χ0) is 24.7. The van der Waals surface area contributed by atoms with Gasteiger partial charge in [-0.2, -0.15) is 0 Å². The summed E-state index contributed by atoms with van der Waals surface area (Å²) >= 11 is 0. The Hall–Kier alpha value is -4.07. The minimum absolute atomic E-state index is 0.894. The van der Waals surface area contributed by atoms with Gasteiger partial charge in [-0.15, -0.1) is 0 Å². The van der Waals surface area contributed by atoms with Gasteiger partial charge in [0.05, 0.1) is 0 Å². The molecule has 36 heavy (non-hydrogen) atoms. The summed E-state index contributed by atoms with van der Waals surface area (Å²) < 4.78 is 12.8. The Bertz CT molecular complexity index is 1770. The van der Waals surface area contributed by atoms with Crippen LogP contribution in [0, 0.1) is 0 Å². The van der Waals surface area contributed by atoms with Crippen LogP contribution in [0.1, 0.15) is 0 Å². The van der Waals surface area contributed by atoms with Crippen molar-refractivity contribution in [2.45, 2.75) is 0 Å². The highest BCUT2D eigenvalue weighted by atomic mass is 31.2. The minimum Gasteiger partial charge on any atom is -0.319 e. The standard InChI is InChI=1S/C32H25N2OP/c1-36(2,35)26-7-5-6-24(20-26)25-10-11-29-30(21-25)32(23-14-18-34-19-15-23)28-9-4-3-8-27(28)31(29)22-12-16-33-17-13-22/h3-21H,1-2H3. The molecular weight excluding hydrogens is 459 g/mol. The van der Waals surface area contributed by atoms with Gasteiger partial charge in [-0.3, -0.25) is 9.97 Å². The van der Waals surface area contributed by atoms with E-state index in [4.69, 9.17) is 0 Å². The zero-order valence-electron chi connectivity index (χ0n) is 20.2. The van der Waals surface area contributed by atoms with Crippen molar-refractivity contribution >= 4 is 34.0 Å². The SMILES string of the molecule is CP(C)(=O)c1cccc(-c2ccc3c(-c4ccncc4)c4ccccc4c(-c4ccncc4)c3c2)c1. The van der Waals surface area contributed by atoms with Gasteiger partial charge in [-0.05, 0) is 105 Å². The second-order valence-corrected chi connectivity index (χ2v) is 12.6. The molecule has 4 heteroatoms. The van der Waals surface area contributed by atoms with Crippen LogP contribution in [0.2, 0.25) is 0 Å². The first-order valence-corrected chi connectivity index (χ1v) is 14.6. The predicted octanol–water partition coefficient (Wildman–Crippen LogP) is 8.03. The monoisotopic (exact) mass is 484 g/mol. The molecule has 6 aromatic rings. The van der Waals surface area contributed by atoms with E-state index in [0.29, 0.717) is 0 Å². The largest absolute Gasteiger partial charge is 0.319 e. The van der Waals surface area contributed by atoms with Crippen LogP contribution >= 0.6 is 7.14 Å². The fraction of sp³-hybridized carbons (Fsp3) is 0.0625. The van der Waals surface area contributed by atoms with E-state index in [0.717, 1.165) is 27.6 Å². The molecule has 0 aliphatic carbocycles. The molecule has 0 N–H and O–H groups in total. The number of rotatable bonds is 4. The highest BCUT2D eigenvalue weighted by molar-refractivity contribution is 7.70. The summed E-state index contributed by atoms with van der Waals surface area (Å²) in [5.41, 5.74) is 6.83. The van der Waals surface area contributed by atoms with E-state index in [9.17, 15) is 4.57 Å². The molecule has 2 heterocycles. The summed E-state index contributed by atoms with van der Waals surface area (Å²) in [4.78, 5) is 8.51. The van der Waals surface area contributed by atoms with Crippen molar-refractivity contribution in [2.24, 2.45) is 0 Å². The van der Waals surface area contributed by atoms with Gasteiger partial charge in [0.2, 0.25) is 0 Å². The van der Waals surface area contributed by atoms with E-state index < -0.39 is 7.14 Å². The Morgan fingerprint density at radius 3 is 1.61 bits per heavy atom. The first kappa shape index (κ1) is 22.4. The van der Waals surface area contributed by atoms with E-state index >= 15 is 0 Å². The molecular formula is C32H25N2OP. The maximum Gasteiger partial charge on any atom is 0.109 e. The van der Waals surface area contributed by atoms with Crippen LogP contribution in [-0.2, 0) is 4.57 Å². The Labute approximate surface area is 210 Å². The Morgan fingerprint density at radius 2 is 1.03 bits per heavy atom. The lowest BCUT2D eigenvalue weighted by atomic mass is 9.85. The fourth-order valence-corrected chi connectivity index (χ4v) is 5.93. The van der Waals surface area contributed by atoms with Crippen molar-refractivity contribution in [3.8, 4) is 33.4 Å². The Balaban J connectivity index is 1.74. The summed E-state index contributed by atoms with van der Waals surface area (Å²) in [6.07, 6.45) is 7.39. The molecule has 0 spiro atoms. The summed E-state index contributed by atoms with van der Waals surface area (Å²) in [5, 5.41) is 5.65. The molecule has 3 nitrogen and oxygen atoms in total. The average Bonchev–Trinajstić information content (AvgIpc) is 2.92. The third-order valence-electron chi connectivity index (χ3n) is 6.76. The summed E-state index contributed by atoms with van der Waals surface area (Å²) in [6.45, 7) is 3.64. The number of nitrogens with zero attached hydrogens (tertiary/aromatic N) is 2. The molecule has 0 fully saturated rings. The molecule has 174 valence electrons. The average molecular weight is 485 g/mol. The normalized spacial score (nSPS) is 11.7. The van der Waals surface area contributed by atoms with E-state index in [1.807, 2.05) is 50.2 Å². The first-order chi connectivity index (χ1) is 17.5. The molecule has 6 rings (SSSR count). The lowest BCUT2D eigenvalue weighted by Gasteiger charge is -2.18. The molecule has 0 bridgehead atoms. The van der Waals surface area contributed by atoms with Crippen LogP contribution in [0.15, 0.2) is 116 Å². The molecule has 0 aliphatic heterocycles. The van der Waals surface area contributed by atoms with Crippen LogP contribution in [0.3, 0.4) is 0 Å². The van der Waals surface area contributed by atoms with Crippen LogP contribution < -0.4 is 5.30 Å². The number of fused-ring (bicyclic) bond motifs is 2. The third kappa shape index (κ3) is 3.92. The van der Waals surface area contributed by atoms with E-state index in [1.54, 1.807) is 0 Å². The molecule has 2 aromatic heterocycles. The van der Waals surface area contributed by atoms with Gasteiger partial charge in [0, 0.05) is 30.1 Å². The lowest BCUT2D eigenvalue weighted by molar-refractivity contribution is 0.588. The van der Waals surface area contributed by atoms with Gasteiger partial charge in [-0.1, -0.05) is 54.6 Å². The summed E-state index contributed by atoms with van der Waals surface area (Å²) in [6, 6.07) is 31.7. The molecule has 0 saturated heterocycles. The van der Waals surface area contributed by atoms with E-state index in [-0.39, 0.29) is 0 Å². The number of pyridine rings is 2. The van der Waals surface area contributed by atoms with Crippen LogP contribution in [0.5, 0.6) is 0 Å². The van der Waals surface area contributed by atoms with Crippen molar-refractivity contribution in [3.63, 3.8) is 0 Å². The van der Waals surface area contributed by atoms with E-state index in [1.165, 1.54) is 32.7 Å². The topological polar surface area (TPSA) is 42.9 Å². The molecule has 0 saturated carbocycles. The van der Waals surface area contributed by atoms with Crippen LogP contribution in [-0.4, -0.2) is 23.3 Å². The second kappa shape index (κ2) is 8.86. The van der Waals surface area contributed by atoms with Crippen molar-refractivity contribution < 1.29 is 4.57 Å². The van der Waals surface area contributed by atoms with Crippen molar-refractivity contribution in [1.29, 1.82) is 0 Å². The third-order valence-corrected chi connectivity index (χ3v) is 8.29. The highest BCUT2D eigenvalue weighted by Crippen LogP contribution is 2.44. The van der Waals surface area contributed by atoms with Crippen LogP contribution in [0.25, 0.3) is 54.9 Å². The molecule has 0 aliphatic rings. The number of hydrogen-bond donors (Lipinski definition) is 0. The van der Waals surface area contributed by atoms with Gasteiger partial charge < -0.3 is 4.57 Å². The van der Waals surface area contributed by atoms with Crippen LogP contribution in [0.4, 0.5) is 0 Å². The van der Waals surface area contributed by atoms with Gasteiger partial charge in [0.15, 0.2) is 0 Å². The number of benzene rings is 4. The minimum atomic E-state index is -2.36. The van der Waals surface area contributed by atoms with E-state index in [2.05, 4.69) is 88.8 Å². The van der Waals surface area contributed by atoms with Crippen molar-refractivity contribution in [1.82, 2.24) is 9.97 Å². The summed E-state index contributed by atoms with van der Waals surface area (Å²) in [7, 11) is -2.36. The molecule has 4 aromatic carbocycles. The van der Waals surface area contributed by atoms with Crippen molar-refractivity contribution in [2.75, 3.05) is 13.3 Å². The van der Waals surface area contributed by atoms with Gasteiger partial charge in [-0.25, -0.2) is 0 Å². The highest BCUT2D eigenvalue weighted by Gasteiger charge is 2.18. The smallest absolute Gasteiger partial charge is 0.109 e. The maximum atomic E-state index is 12.8. The molecule has 0 atom stereocenters. The molecule has 0 radical (unpaired) electrons. The maximum absolute atomic E-state index is 12.8. The number of aromatic nitrogens is 2. The van der Waals surface area contributed by atoms with Gasteiger partial charge in [0.1, 0.15) is 7.14 Å². The number of hydrogen-bond acceptors (Lipinski definition) is 3. The fourth-order valence-electron chi connectivity index (χ4n) is 5.04. The zero-order valence-corrected chi connectivity index (χ0v) is 21.1. The van der Waals surface area contributed by atoms with Crippen molar-refractivity contribution in [3.05, 3.63) is 116 Å². The Morgan fingerprint density at radius 1 is 0.500 bits per heavy atom. The quantitative estimate of drug-likeness (QED) is 0.188. The molecule has 0 unspecified atom stereocenters. The molecule has 0 amide bonds. The summed E-state index contributed by atoms with van der Waals surface area (Å²) in [5.74, 6) is 0. The first-order valence-electron chi connectivity index (χ1n) is 12.0. The lowest BCUT2D eigenvalue weighted by Crippen LogP contribution is -2.02. The van der Waals surface area contributed by atoms with Gasteiger partial charge in [0.25, 0.3) is 0 Å².